The lowest BCUT2D eigenvalue weighted by Crippen LogP contribution is -2.09. The van der Waals surface area contributed by atoms with Crippen LogP contribution in [0, 0.1) is 0 Å². The number of ether oxygens (including phenoxy) is 1. The molecule has 0 aromatic heterocycles. The van der Waals surface area contributed by atoms with Gasteiger partial charge in [-0.2, -0.15) is 0 Å². The van der Waals surface area contributed by atoms with Crippen LogP contribution in [-0.2, 0) is 14.3 Å². The first-order valence-electron chi connectivity index (χ1n) is 4.47. The lowest BCUT2D eigenvalue weighted by atomic mass is 10.3. The van der Waals surface area contributed by atoms with Gasteiger partial charge in [-0.1, -0.05) is 19.1 Å². The third-order valence-electron chi connectivity index (χ3n) is 1.34. The summed E-state index contributed by atoms with van der Waals surface area (Å²) in [4.78, 5) is 21.3. The molecule has 13 heavy (non-hydrogen) atoms. The number of esters is 1. The summed E-state index contributed by atoms with van der Waals surface area (Å²) in [5.41, 5.74) is 0. The van der Waals surface area contributed by atoms with Gasteiger partial charge in [-0.05, 0) is 19.8 Å². The van der Waals surface area contributed by atoms with Crippen molar-refractivity contribution in [2.24, 2.45) is 0 Å². The molecule has 0 unspecified atom stereocenters. The first kappa shape index (κ1) is 11.9. The number of ketones is 1. The van der Waals surface area contributed by atoms with E-state index >= 15 is 0 Å². The lowest BCUT2D eigenvalue weighted by molar-refractivity contribution is -0.145. The van der Waals surface area contributed by atoms with Gasteiger partial charge < -0.3 is 4.74 Å². The van der Waals surface area contributed by atoms with E-state index in [-0.39, 0.29) is 12.2 Å². The second kappa shape index (κ2) is 7.53. The largest absolute Gasteiger partial charge is 0.465 e. The maximum atomic E-state index is 10.8. The Morgan fingerprint density at radius 3 is 2.54 bits per heavy atom. The van der Waals surface area contributed by atoms with E-state index in [0.29, 0.717) is 6.61 Å². The molecule has 0 spiro atoms. The molecule has 0 fully saturated rings. The zero-order chi connectivity index (χ0) is 10.1. The Balaban J connectivity index is 3.37. The number of Topliss-reactive ketones (excluding diaryl/α,β-unsaturated/α-hetero) is 1. The van der Waals surface area contributed by atoms with Crippen molar-refractivity contribution in [3.63, 3.8) is 0 Å². The molecule has 0 aliphatic carbocycles. The maximum Gasteiger partial charge on any atom is 0.313 e. The van der Waals surface area contributed by atoms with E-state index < -0.39 is 5.97 Å². The van der Waals surface area contributed by atoms with E-state index in [0.717, 1.165) is 12.8 Å². The number of rotatable bonds is 6. The molecular formula is C10H16O3. The lowest BCUT2D eigenvalue weighted by Gasteiger charge is -1.99. The van der Waals surface area contributed by atoms with Crippen molar-refractivity contribution in [1.82, 2.24) is 0 Å². The van der Waals surface area contributed by atoms with E-state index in [1.54, 1.807) is 0 Å². The van der Waals surface area contributed by atoms with Crippen LogP contribution in [0.15, 0.2) is 12.2 Å². The predicted molar refractivity (Wildman–Crippen MR) is 50.3 cm³/mol. The van der Waals surface area contributed by atoms with Crippen LogP contribution in [-0.4, -0.2) is 18.4 Å². The Hall–Kier alpha value is -1.12. The molecule has 0 atom stereocenters. The first-order valence-corrected chi connectivity index (χ1v) is 4.47. The molecule has 0 rings (SSSR count). The Morgan fingerprint density at radius 2 is 2.00 bits per heavy atom. The second-order valence-corrected chi connectivity index (χ2v) is 2.77. The molecule has 0 aliphatic rings. The van der Waals surface area contributed by atoms with Crippen LogP contribution in [0.2, 0.25) is 0 Å². The topological polar surface area (TPSA) is 43.4 Å². The summed E-state index contributed by atoms with van der Waals surface area (Å²) in [5.74, 6) is -0.591. The van der Waals surface area contributed by atoms with Gasteiger partial charge >= 0.3 is 5.97 Å². The summed E-state index contributed by atoms with van der Waals surface area (Å²) in [5, 5.41) is 0. The van der Waals surface area contributed by atoms with Crippen molar-refractivity contribution < 1.29 is 14.3 Å². The van der Waals surface area contributed by atoms with E-state index in [4.69, 9.17) is 4.74 Å². The van der Waals surface area contributed by atoms with Gasteiger partial charge in [0.1, 0.15) is 12.2 Å². The van der Waals surface area contributed by atoms with Crippen LogP contribution >= 0.6 is 0 Å². The highest BCUT2D eigenvalue weighted by Crippen LogP contribution is 1.92. The van der Waals surface area contributed by atoms with Crippen molar-refractivity contribution in [1.29, 1.82) is 0 Å². The summed E-state index contributed by atoms with van der Waals surface area (Å²) in [6.45, 7) is 3.78. The Labute approximate surface area is 78.8 Å². The average molecular weight is 184 g/mol. The fourth-order valence-corrected chi connectivity index (χ4v) is 0.780. The molecule has 74 valence electrons. The van der Waals surface area contributed by atoms with Crippen LogP contribution in [0.5, 0.6) is 0 Å². The molecule has 0 saturated carbocycles. The van der Waals surface area contributed by atoms with Gasteiger partial charge in [-0.25, -0.2) is 0 Å². The minimum Gasteiger partial charge on any atom is -0.465 e. The SMILES string of the molecule is CC/C=C/CCOC(=O)CC(C)=O. The first-order chi connectivity index (χ1) is 6.16. The van der Waals surface area contributed by atoms with Gasteiger partial charge in [0, 0.05) is 0 Å². The summed E-state index contributed by atoms with van der Waals surface area (Å²) >= 11 is 0. The van der Waals surface area contributed by atoms with Crippen molar-refractivity contribution >= 4 is 11.8 Å². The quantitative estimate of drug-likeness (QED) is 0.274. The monoisotopic (exact) mass is 184 g/mol. The number of allylic oxidation sites excluding steroid dienone is 1. The molecule has 0 heterocycles. The smallest absolute Gasteiger partial charge is 0.313 e. The fraction of sp³-hybridized carbons (Fsp3) is 0.600. The molecule has 0 saturated heterocycles. The van der Waals surface area contributed by atoms with E-state index in [1.165, 1.54) is 6.92 Å². The highest BCUT2D eigenvalue weighted by Gasteiger charge is 2.04. The second-order valence-electron chi connectivity index (χ2n) is 2.77. The Morgan fingerprint density at radius 1 is 1.31 bits per heavy atom. The molecule has 3 nitrogen and oxygen atoms in total. The number of carbonyl (C=O) groups is 2. The van der Waals surface area contributed by atoms with Gasteiger partial charge in [-0.15, -0.1) is 0 Å². The maximum absolute atomic E-state index is 10.8. The molecular weight excluding hydrogens is 168 g/mol. The summed E-state index contributed by atoms with van der Waals surface area (Å²) in [6.07, 6.45) is 5.57. The minimum atomic E-state index is -0.433. The van der Waals surface area contributed by atoms with Crippen LogP contribution < -0.4 is 0 Å². The fourth-order valence-electron chi connectivity index (χ4n) is 0.780. The van der Waals surface area contributed by atoms with Crippen LogP contribution in [0.25, 0.3) is 0 Å². The van der Waals surface area contributed by atoms with Crippen molar-refractivity contribution in [3.8, 4) is 0 Å². The zero-order valence-corrected chi connectivity index (χ0v) is 8.21. The minimum absolute atomic E-state index is 0.114. The van der Waals surface area contributed by atoms with E-state index in [9.17, 15) is 9.59 Å². The van der Waals surface area contributed by atoms with Crippen LogP contribution in [0.4, 0.5) is 0 Å². The highest BCUT2D eigenvalue weighted by molar-refractivity contribution is 5.94. The zero-order valence-electron chi connectivity index (χ0n) is 8.21. The Kier molecular flexibility index (Phi) is 6.88. The number of hydrogen-bond donors (Lipinski definition) is 0. The van der Waals surface area contributed by atoms with Crippen LogP contribution in [0.3, 0.4) is 0 Å². The third kappa shape index (κ3) is 8.79. The number of hydrogen-bond acceptors (Lipinski definition) is 3. The van der Waals surface area contributed by atoms with Gasteiger partial charge in [-0.3, -0.25) is 9.59 Å². The summed E-state index contributed by atoms with van der Waals surface area (Å²) in [6, 6.07) is 0. The average Bonchev–Trinajstić information content (AvgIpc) is 2.02. The van der Waals surface area contributed by atoms with Crippen molar-refractivity contribution in [2.75, 3.05) is 6.61 Å². The molecule has 0 aliphatic heterocycles. The standard InChI is InChI=1S/C10H16O3/c1-3-4-5-6-7-13-10(12)8-9(2)11/h4-5H,3,6-8H2,1-2H3/b5-4+. The third-order valence-corrected chi connectivity index (χ3v) is 1.34. The van der Waals surface area contributed by atoms with Gasteiger partial charge in [0.2, 0.25) is 0 Å². The molecule has 0 aromatic rings. The van der Waals surface area contributed by atoms with Crippen molar-refractivity contribution in [3.05, 3.63) is 12.2 Å². The van der Waals surface area contributed by atoms with E-state index in [2.05, 4.69) is 0 Å². The normalized spacial score (nSPS) is 10.3. The van der Waals surface area contributed by atoms with Crippen molar-refractivity contribution in [2.45, 2.75) is 33.1 Å². The van der Waals surface area contributed by atoms with Gasteiger partial charge in [0.25, 0.3) is 0 Å². The highest BCUT2D eigenvalue weighted by atomic mass is 16.5. The molecule has 0 bridgehead atoms. The predicted octanol–water partition coefficient (Wildman–Crippen LogP) is 1.86. The molecule has 3 heteroatoms. The number of carbonyl (C=O) groups excluding carboxylic acids is 2. The molecule has 0 aromatic carbocycles. The summed E-state index contributed by atoms with van der Waals surface area (Å²) < 4.78 is 4.79. The van der Waals surface area contributed by atoms with Gasteiger partial charge in [0.15, 0.2) is 0 Å². The Bertz CT molecular complexity index is 194. The molecule has 0 N–H and O–H groups in total. The molecule has 0 radical (unpaired) electrons. The molecule has 0 amide bonds. The van der Waals surface area contributed by atoms with Gasteiger partial charge in [0.05, 0.1) is 6.61 Å². The van der Waals surface area contributed by atoms with Crippen LogP contribution in [0.1, 0.15) is 33.1 Å². The summed E-state index contributed by atoms with van der Waals surface area (Å²) in [7, 11) is 0. The van der Waals surface area contributed by atoms with E-state index in [1.807, 2.05) is 19.1 Å².